The molecule has 3 rings (SSSR count). The van der Waals surface area contributed by atoms with Gasteiger partial charge in [0.1, 0.15) is 19.0 Å². The van der Waals surface area contributed by atoms with Crippen LogP contribution in [0.1, 0.15) is 76.8 Å². The first-order chi connectivity index (χ1) is 22.1. The minimum atomic E-state index is -1.03. The molecule has 9 nitrogen and oxygen atoms in total. The Balaban J connectivity index is 1.69. The molecule has 2 aromatic rings. The Bertz CT molecular complexity index is 1260. The molecule has 0 aliphatic carbocycles. The molecule has 250 valence electrons. The number of aryl methyl sites for hydroxylation is 1. The number of benzene rings is 2. The fourth-order valence-electron chi connectivity index (χ4n) is 5.67. The first-order valence-electron chi connectivity index (χ1n) is 16.6. The Hall–Kier alpha value is -3.85. The lowest BCUT2D eigenvalue weighted by Crippen LogP contribution is -2.46. The van der Waals surface area contributed by atoms with Gasteiger partial charge in [-0.25, -0.2) is 0 Å². The highest BCUT2D eigenvalue weighted by molar-refractivity contribution is 5.93. The van der Waals surface area contributed by atoms with Crippen LogP contribution in [-0.4, -0.2) is 66.6 Å². The van der Waals surface area contributed by atoms with E-state index in [1.165, 1.54) is 6.92 Å². The summed E-state index contributed by atoms with van der Waals surface area (Å²) in [5.41, 5.74) is 1.85. The lowest BCUT2D eigenvalue weighted by atomic mass is 9.91. The van der Waals surface area contributed by atoms with Crippen LogP contribution in [0.25, 0.3) is 0 Å². The standard InChI is InChI=1S/C37H50N2O7/c1-27(2)21-33(38-36(43)31(22-28(3)40)18-17-29-13-7-4-8-14-29)34(41)23-32(37(44)46-25-30-15-9-5-10-16-30)26-45-35(42)24-39-19-11-6-12-20-39/h4-5,7-10,13-16,27,31-33H,6,11-12,17-26H2,1-3H3,(H,38,43)/t31-,32+,33+/m1/s1. The summed E-state index contributed by atoms with van der Waals surface area (Å²) < 4.78 is 11.1. The van der Waals surface area contributed by atoms with E-state index in [0.717, 1.165) is 43.5 Å². The van der Waals surface area contributed by atoms with Crippen LogP contribution in [0.15, 0.2) is 60.7 Å². The predicted molar refractivity (Wildman–Crippen MR) is 176 cm³/mol. The molecule has 1 aliphatic rings. The summed E-state index contributed by atoms with van der Waals surface area (Å²) in [4.78, 5) is 67.3. The fourth-order valence-corrected chi connectivity index (χ4v) is 5.67. The van der Waals surface area contributed by atoms with Crippen molar-refractivity contribution < 1.29 is 33.4 Å². The zero-order chi connectivity index (χ0) is 33.3. The number of ether oxygens (including phenoxy) is 2. The quantitative estimate of drug-likeness (QED) is 0.212. The Morgan fingerprint density at radius 1 is 0.804 bits per heavy atom. The summed E-state index contributed by atoms with van der Waals surface area (Å²) in [6.07, 6.45) is 4.44. The maximum absolute atomic E-state index is 13.8. The molecule has 1 aliphatic heterocycles. The van der Waals surface area contributed by atoms with Crippen molar-refractivity contribution in [2.45, 2.75) is 84.8 Å². The number of nitrogens with one attached hydrogen (secondary N) is 1. The number of nitrogens with zero attached hydrogens (tertiary/aromatic N) is 1. The maximum Gasteiger partial charge on any atom is 0.320 e. The highest BCUT2D eigenvalue weighted by Gasteiger charge is 2.32. The number of hydrogen-bond acceptors (Lipinski definition) is 8. The van der Waals surface area contributed by atoms with E-state index in [2.05, 4.69) is 5.32 Å². The smallest absolute Gasteiger partial charge is 0.320 e. The van der Waals surface area contributed by atoms with Crippen LogP contribution in [0.2, 0.25) is 0 Å². The van der Waals surface area contributed by atoms with E-state index in [-0.39, 0.29) is 56.0 Å². The second-order valence-corrected chi connectivity index (χ2v) is 12.8. The third-order valence-electron chi connectivity index (χ3n) is 8.19. The van der Waals surface area contributed by atoms with Crippen molar-refractivity contribution in [3.05, 3.63) is 71.8 Å². The molecule has 0 bridgehead atoms. The van der Waals surface area contributed by atoms with Crippen molar-refractivity contribution in [1.82, 2.24) is 10.2 Å². The van der Waals surface area contributed by atoms with Gasteiger partial charge in [-0.15, -0.1) is 0 Å². The van der Waals surface area contributed by atoms with E-state index in [4.69, 9.17) is 9.47 Å². The normalized spacial score (nSPS) is 15.4. The average molecular weight is 635 g/mol. The van der Waals surface area contributed by atoms with Gasteiger partial charge < -0.3 is 19.6 Å². The molecule has 0 unspecified atom stereocenters. The molecule has 3 atom stereocenters. The van der Waals surface area contributed by atoms with Gasteiger partial charge in [0.05, 0.1) is 18.5 Å². The zero-order valence-corrected chi connectivity index (χ0v) is 27.6. The van der Waals surface area contributed by atoms with Crippen molar-refractivity contribution in [2.24, 2.45) is 17.8 Å². The Kier molecular flexibility index (Phi) is 15.6. The minimum Gasteiger partial charge on any atom is -0.464 e. The second-order valence-electron chi connectivity index (χ2n) is 12.8. The Labute approximate surface area is 273 Å². The van der Waals surface area contributed by atoms with Crippen molar-refractivity contribution in [1.29, 1.82) is 0 Å². The molecule has 1 fully saturated rings. The first kappa shape index (κ1) is 36.6. The van der Waals surface area contributed by atoms with Gasteiger partial charge >= 0.3 is 11.9 Å². The summed E-state index contributed by atoms with van der Waals surface area (Å²) in [5.74, 6) is -3.46. The van der Waals surface area contributed by atoms with Crippen molar-refractivity contribution in [2.75, 3.05) is 26.2 Å². The molecule has 9 heteroatoms. The molecular formula is C37H50N2O7. The van der Waals surface area contributed by atoms with Gasteiger partial charge in [-0.3, -0.25) is 24.1 Å². The SMILES string of the molecule is CC(=O)C[C@@H](CCc1ccccc1)C(=O)N[C@@H](CC(C)C)C(=O)C[C@@H](COC(=O)CN1CCCCC1)C(=O)OCc1ccccc1. The maximum atomic E-state index is 13.8. The number of carbonyl (C=O) groups excluding carboxylic acids is 5. The van der Waals surface area contributed by atoms with Gasteiger partial charge in [0.25, 0.3) is 0 Å². The average Bonchev–Trinajstić information content (AvgIpc) is 3.04. The molecule has 0 saturated carbocycles. The minimum absolute atomic E-state index is 0.0202. The van der Waals surface area contributed by atoms with Crippen LogP contribution in [0.3, 0.4) is 0 Å². The number of piperidine rings is 1. The van der Waals surface area contributed by atoms with Crippen LogP contribution in [0.5, 0.6) is 0 Å². The van der Waals surface area contributed by atoms with Gasteiger partial charge in [0, 0.05) is 18.8 Å². The van der Waals surface area contributed by atoms with Gasteiger partial charge in [0.15, 0.2) is 5.78 Å². The van der Waals surface area contributed by atoms with Gasteiger partial charge in [0.2, 0.25) is 5.91 Å². The highest BCUT2D eigenvalue weighted by atomic mass is 16.5. The topological polar surface area (TPSA) is 119 Å². The third kappa shape index (κ3) is 13.6. The summed E-state index contributed by atoms with van der Waals surface area (Å²) in [6.45, 7) is 6.85. The monoisotopic (exact) mass is 634 g/mol. The molecule has 2 aromatic carbocycles. The van der Waals surface area contributed by atoms with E-state index in [9.17, 15) is 24.0 Å². The van der Waals surface area contributed by atoms with Crippen molar-refractivity contribution >= 4 is 29.4 Å². The van der Waals surface area contributed by atoms with Crippen LogP contribution in [0, 0.1) is 17.8 Å². The van der Waals surface area contributed by atoms with E-state index in [1.807, 2.05) is 79.4 Å². The van der Waals surface area contributed by atoms with Crippen LogP contribution >= 0.6 is 0 Å². The first-order valence-corrected chi connectivity index (χ1v) is 16.6. The molecule has 0 aromatic heterocycles. The zero-order valence-electron chi connectivity index (χ0n) is 27.6. The second kappa shape index (κ2) is 19.6. The lowest BCUT2D eigenvalue weighted by Gasteiger charge is -2.26. The van der Waals surface area contributed by atoms with E-state index < -0.39 is 29.8 Å². The highest BCUT2D eigenvalue weighted by Crippen LogP contribution is 2.19. The number of esters is 2. The van der Waals surface area contributed by atoms with E-state index in [1.54, 1.807) is 0 Å². The molecule has 1 saturated heterocycles. The third-order valence-corrected chi connectivity index (χ3v) is 8.19. The fraction of sp³-hybridized carbons (Fsp3) is 0.541. The van der Waals surface area contributed by atoms with Crippen molar-refractivity contribution in [3.63, 3.8) is 0 Å². The molecule has 46 heavy (non-hydrogen) atoms. The number of hydrogen-bond donors (Lipinski definition) is 1. The van der Waals surface area contributed by atoms with Crippen LogP contribution in [0.4, 0.5) is 0 Å². The van der Waals surface area contributed by atoms with E-state index >= 15 is 0 Å². The largest absolute Gasteiger partial charge is 0.464 e. The van der Waals surface area contributed by atoms with Gasteiger partial charge in [-0.05, 0) is 69.2 Å². The summed E-state index contributed by atoms with van der Waals surface area (Å²) in [7, 11) is 0. The Morgan fingerprint density at radius 2 is 1.43 bits per heavy atom. The van der Waals surface area contributed by atoms with Gasteiger partial charge in [-0.2, -0.15) is 0 Å². The van der Waals surface area contributed by atoms with E-state index in [0.29, 0.717) is 19.3 Å². The number of rotatable bonds is 19. The number of Topliss-reactive ketones (excluding diaryl/α,β-unsaturated/α-hetero) is 2. The lowest BCUT2D eigenvalue weighted by molar-refractivity contribution is -0.158. The molecule has 1 amide bonds. The summed E-state index contributed by atoms with van der Waals surface area (Å²) in [6, 6.07) is 18.1. The van der Waals surface area contributed by atoms with Gasteiger partial charge in [-0.1, -0.05) is 80.9 Å². The van der Waals surface area contributed by atoms with Crippen LogP contribution < -0.4 is 5.32 Å². The number of ketones is 2. The molecule has 0 radical (unpaired) electrons. The molecule has 0 spiro atoms. The molecule has 1 N–H and O–H groups in total. The Morgan fingerprint density at radius 3 is 2.04 bits per heavy atom. The number of carbonyl (C=O) groups is 5. The molecule has 1 heterocycles. The van der Waals surface area contributed by atoms with Crippen molar-refractivity contribution in [3.8, 4) is 0 Å². The summed E-state index contributed by atoms with van der Waals surface area (Å²) >= 11 is 0. The molecular weight excluding hydrogens is 584 g/mol. The summed E-state index contributed by atoms with van der Waals surface area (Å²) in [5, 5.41) is 2.90. The number of likely N-dealkylation sites (tertiary alicyclic amines) is 1. The predicted octanol–water partition coefficient (Wildman–Crippen LogP) is 5.09. The van der Waals surface area contributed by atoms with Crippen LogP contribution in [-0.2, 0) is 46.5 Å². The number of amides is 1.